The van der Waals surface area contributed by atoms with Gasteiger partial charge in [0, 0.05) is 12.5 Å². The zero-order chi connectivity index (χ0) is 9.90. The van der Waals surface area contributed by atoms with Crippen LogP contribution in [0.5, 0.6) is 0 Å². The molecular weight excluding hydrogens is 162 g/mol. The largest absolute Gasteiger partial charge is 0.312 e. The molecule has 13 heavy (non-hydrogen) atoms. The summed E-state index contributed by atoms with van der Waals surface area (Å²) in [6.07, 6.45) is 3.79. The van der Waals surface area contributed by atoms with Gasteiger partial charge in [0.15, 0.2) is 0 Å². The van der Waals surface area contributed by atoms with Crippen LogP contribution in [0.4, 0.5) is 0 Å². The first-order chi connectivity index (χ1) is 6.11. The van der Waals surface area contributed by atoms with Crippen LogP contribution in [0.15, 0.2) is 4.99 Å². The fourth-order valence-corrected chi connectivity index (χ4v) is 2.26. The van der Waals surface area contributed by atoms with E-state index in [1.807, 2.05) is 6.92 Å². The average Bonchev–Trinajstić information content (AvgIpc) is 2.41. The fourth-order valence-electron chi connectivity index (χ4n) is 2.26. The van der Waals surface area contributed by atoms with Crippen LogP contribution in [0.25, 0.3) is 0 Å². The predicted octanol–water partition coefficient (Wildman–Crippen LogP) is 1.69. The Balaban J connectivity index is 2.74. The minimum Gasteiger partial charge on any atom is -0.312 e. The molecule has 1 saturated carbocycles. The predicted molar refractivity (Wildman–Crippen MR) is 56.4 cm³/mol. The second-order valence-corrected chi connectivity index (χ2v) is 4.44. The summed E-state index contributed by atoms with van der Waals surface area (Å²) in [6.45, 7) is 7.45. The summed E-state index contributed by atoms with van der Waals surface area (Å²) in [4.78, 5) is 4.40. The van der Waals surface area contributed by atoms with E-state index in [9.17, 15) is 0 Å². The summed E-state index contributed by atoms with van der Waals surface area (Å²) < 4.78 is 0. The molecule has 0 saturated heterocycles. The van der Waals surface area contributed by atoms with Crippen molar-refractivity contribution < 1.29 is 0 Å². The van der Waals surface area contributed by atoms with Crippen LogP contribution < -0.4 is 11.3 Å². The maximum Gasteiger partial charge on any atom is 0.114 e. The van der Waals surface area contributed by atoms with Crippen LogP contribution in [-0.2, 0) is 0 Å². The van der Waals surface area contributed by atoms with Gasteiger partial charge >= 0.3 is 0 Å². The number of amidine groups is 1. The molecule has 76 valence electrons. The summed E-state index contributed by atoms with van der Waals surface area (Å²) in [6, 6.07) is 0. The van der Waals surface area contributed by atoms with Crippen LogP contribution in [0, 0.1) is 11.3 Å². The van der Waals surface area contributed by atoms with E-state index in [1.54, 1.807) is 0 Å². The number of hydrogen-bond donors (Lipinski definition) is 2. The number of hydrazine groups is 1. The SMILES string of the molecule is CCN=C(NN)C1CCCC1(C)C. The maximum absolute atomic E-state index is 5.48. The summed E-state index contributed by atoms with van der Waals surface area (Å²) >= 11 is 0. The van der Waals surface area contributed by atoms with Crippen molar-refractivity contribution in [3.05, 3.63) is 0 Å². The zero-order valence-electron chi connectivity index (χ0n) is 8.93. The van der Waals surface area contributed by atoms with E-state index >= 15 is 0 Å². The van der Waals surface area contributed by atoms with E-state index in [-0.39, 0.29) is 0 Å². The minimum absolute atomic E-state index is 0.361. The standard InChI is InChI=1S/C10H21N3/c1-4-12-9(13-11)8-6-5-7-10(8,2)3/h8H,4-7,11H2,1-3H3,(H,12,13). The molecule has 0 aliphatic heterocycles. The van der Waals surface area contributed by atoms with Crippen LogP contribution in [0.3, 0.4) is 0 Å². The third-order valence-corrected chi connectivity index (χ3v) is 3.06. The van der Waals surface area contributed by atoms with E-state index in [4.69, 9.17) is 5.84 Å². The van der Waals surface area contributed by atoms with Crippen molar-refractivity contribution in [3.8, 4) is 0 Å². The van der Waals surface area contributed by atoms with E-state index < -0.39 is 0 Å². The highest BCUT2D eigenvalue weighted by Crippen LogP contribution is 2.42. The van der Waals surface area contributed by atoms with Crippen molar-refractivity contribution in [3.63, 3.8) is 0 Å². The van der Waals surface area contributed by atoms with Gasteiger partial charge < -0.3 is 5.43 Å². The Labute approximate surface area is 80.8 Å². The summed E-state index contributed by atoms with van der Waals surface area (Å²) in [5.74, 6) is 7.00. The lowest BCUT2D eigenvalue weighted by Gasteiger charge is -2.27. The average molecular weight is 183 g/mol. The molecule has 3 nitrogen and oxygen atoms in total. The molecule has 0 spiro atoms. The Morgan fingerprint density at radius 1 is 1.62 bits per heavy atom. The van der Waals surface area contributed by atoms with Gasteiger partial charge in [0.05, 0.1) is 0 Å². The third kappa shape index (κ3) is 2.21. The molecule has 3 heteroatoms. The Hall–Kier alpha value is -0.570. The first-order valence-electron chi connectivity index (χ1n) is 5.12. The molecule has 1 unspecified atom stereocenters. The molecule has 0 heterocycles. The molecule has 0 bridgehead atoms. The van der Waals surface area contributed by atoms with Gasteiger partial charge in [0.2, 0.25) is 0 Å². The first-order valence-corrected chi connectivity index (χ1v) is 5.12. The van der Waals surface area contributed by atoms with Crippen molar-refractivity contribution in [1.29, 1.82) is 0 Å². The highest BCUT2D eigenvalue weighted by Gasteiger charge is 2.37. The number of nitrogens with zero attached hydrogens (tertiary/aromatic N) is 1. The number of nitrogens with two attached hydrogens (primary N) is 1. The Morgan fingerprint density at radius 2 is 2.31 bits per heavy atom. The molecule has 1 atom stereocenters. The van der Waals surface area contributed by atoms with Gasteiger partial charge in [-0.15, -0.1) is 0 Å². The molecule has 3 N–H and O–H groups in total. The number of rotatable bonds is 2. The molecule has 1 rings (SSSR count). The zero-order valence-corrected chi connectivity index (χ0v) is 8.93. The lowest BCUT2D eigenvalue weighted by atomic mass is 9.81. The highest BCUT2D eigenvalue weighted by molar-refractivity contribution is 5.85. The summed E-state index contributed by atoms with van der Waals surface area (Å²) in [5, 5.41) is 0. The smallest absolute Gasteiger partial charge is 0.114 e. The van der Waals surface area contributed by atoms with Crippen LogP contribution in [-0.4, -0.2) is 12.4 Å². The topological polar surface area (TPSA) is 50.4 Å². The minimum atomic E-state index is 0.361. The van der Waals surface area contributed by atoms with E-state index in [2.05, 4.69) is 24.3 Å². The fraction of sp³-hybridized carbons (Fsp3) is 0.900. The second kappa shape index (κ2) is 4.09. The van der Waals surface area contributed by atoms with Gasteiger partial charge in [0.1, 0.15) is 5.84 Å². The quantitative estimate of drug-likeness (QED) is 0.296. The van der Waals surface area contributed by atoms with Crippen LogP contribution in [0.1, 0.15) is 40.0 Å². The second-order valence-electron chi connectivity index (χ2n) is 4.44. The van der Waals surface area contributed by atoms with E-state index in [0.29, 0.717) is 11.3 Å². The summed E-state index contributed by atoms with van der Waals surface area (Å²) in [5.41, 5.74) is 3.11. The molecule has 0 amide bonds. The molecule has 0 aromatic rings. The molecule has 1 fully saturated rings. The van der Waals surface area contributed by atoms with E-state index in [0.717, 1.165) is 12.4 Å². The Kier molecular flexibility index (Phi) is 3.31. The lowest BCUT2D eigenvalue weighted by Crippen LogP contribution is -2.40. The van der Waals surface area contributed by atoms with Crippen LogP contribution in [0.2, 0.25) is 0 Å². The first kappa shape index (κ1) is 10.5. The Morgan fingerprint density at radius 3 is 2.69 bits per heavy atom. The number of aliphatic imine (C=N–C) groups is 1. The van der Waals surface area contributed by atoms with Gasteiger partial charge in [-0.3, -0.25) is 4.99 Å². The van der Waals surface area contributed by atoms with Crippen LogP contribution >= 0.6 is 0 Å². The highest BCUT2D eigenvalue weighted by atomic mass is 15.3. The maximum atomic E-state index is 5.48. The van der Waals surface area contributed by atoms with E-state index in [1.165, 1.54) is 19.3 Å². The number of nitrogens with one attached hydrogen (secondary N) is 1. The molecular formula is C10H21N3. The van der Waals surface area contributed by atoms with Gasteiger partial charge in [-0.25, -0.2) is 5.84 Å². The molecule has 0 aromatic carbocycles. The van der Waals surface area contributed by atoms with Gasteiger partial charge in [-0.1, -0.05) is 20.3 Å². The number of hydrogen-bond acceptors (Lipinski definition) is 2. The molecule has 1 aliphatic rings. The van der Waals surface area contributed by atoms with Crippen molar-refractivity contribution in [1.82, 2.24) is 5.43 Å². The molecule has 0 radical (unpaired) electrons. The van der Waals surface area contributed by atoms with Gasteiger partial charge in [-0.05, 0) is 25.2 Å². The van der Waals surface area contributed by atoms with Gasteiger partial charge in [0.25, 0.3) is 0 Å². The van der Waals surface area contributed by atoms with Gasteiger partial charge in [-0.2, -0.15) is 0 Å². The third-order valence-electron chi connectivity index (χ3n) is 3.06. The molecule has 1 aliphatic carbocycles. The van der Waals surface area contributed by atoms with Crippen molar-refractivity contribution >= 4 is 5.84 Å². The monoisotopic (exact) mass is 183 g/mol. The summed E-state index contributed by atoms with van der Waals surface area (Å²) in [7, 11) is 0. The van der Waals surface area contributed by atoms with Crippen molar-refractivity contribution in [2.45, 2.75) is 40.0 Å². The Bertz CT molecular complexity index is 196. The lowest BCUT2D eigenvalue weighted by molar-refractivity contribution is 0.321. The normalized spacial score (nSPS) is 27.7. The molecule has 0 aromatic heterocycles. The van der Waals surface area contributed by atoms with Crippen molar-refractivity contribution in [2.75, 3.05) is 6.54 Å². The van der Waals surface area contributed by atoms with Crippen molar-refractivity contribution in [2.24, 2.45) is 22.2 Å².